The SMILES string of the molecule is COCC1=C([Si](C)(C)C)C2CCCCC12O[Si](C)(C)C(C)(C)C. The molecule has 2 rings (SSSR count). The van der Waals surface area contributed by atoms with Gasteiger partial charge in [0.15, 0.2) is 8.32 Å². The quantitative estimate of drug-likeness (QED) is 0.583. The summed E-state index contributed by atoms with van der Waals surface area (Å²) in [6.07, 6.45) is 5.19. The Kier molecular flexibility index (Phi) is 5.16. The maximum atomic E-state index is 7.14. The largest absolute Gasteiger partial charge is 0.407 e. The van der Waals surface area contributed by atoms with Crippen LogP contribution in [0.15, 0.2) is 10.8 Å². The lowest BCUT2D eigenvalue weighted by Gasteiger charge is -2.61. The van der Waals surface area contributed by atoms with Gasteiger partial charge in [0, 0.05) is 13.0 Å². The van der Waals surface area contributed by atoms with Gasteiger partial charge in [0.25, 0.3) is 0 Å². The lowest BCUT2D eigenvalue weighted by Crippen LogP contribution is -2.64. The van der Waals surface area contributed by atoms with E-state index >= 15 is 0 Å². The van der Waals surface area contributed by atoms with Crippen molar-refractivity contribution in [2.45, 2.75) is 89.8 Å². The Morgan fingerprint density at radius 3 is 2.17 bits per heavy atom. The summed E-state index contributed by atoms with van der Waals surface area (Å²) in [4.78, 5) is 0. The van der Waals surface area contributed by atoms with Crippen molar-refractivity contribution < 1.29 is 9.16 Å². The summed E-state index contributed by atoms with van der Waals surface area (Å²) in [5, 5.41) is 2.02. The smallest absolute Gasteiger partial charge is 0.193 e. The average Bonchev–Trinajstić information content (AvgIpc) is 2.35. The highest BCUT2D eigenvalue weighted by Gasteiger charge is 2.60. The number of hydrogen-bond acceptors (Lipinski definition) is 2. The van der Waals surface area contributed by atoms with Crippen molar-refractivity contribution in [3.8, 4) is 0 Å². The van der Waals surface area contributed by atoms with E-state index in [-0.39, 0.29) is 10.6 Å². The predicted octanol–water partition coefficient (Wildman–Crippen LogP) is 5.77. The van der Waals surface area contributed by atoms with Gasteiger partial charge in [-0.25, -0.2) is 0 Å². The molecule has 1 fully saturated rings. The molecule has 0 bridgehead atoms. The molecule has 1 saturated carbocycles. The van der Waals surface area contributed by atoms with Gasteiger partial charge in [-0.1, -0.05) is 58.5 Å². The van der Waals surface area contributed by atoms with Gasteiger partial charge in [0.2, 0.25) is 0 Å². The van der Waals surface area contributed by atoms with Crippen LogP contribution in [0.1, 0.15) is 46.5 Å². The van der Waals surface area contributed by atoms with Crippen molar-refractivity contribution in [1.82, 2.24) is 0 Å². The first kappa shape index (κ1) is 19.4. The summed E-state index contributed by atoms with van der Waals surface area (Å²) in [7, 11) is -1.27. The summed E-state index contributed by atoms with van der Waals surface area (Å²) in [5.74, 6) is 0.669. The van der Waals surface area contributed by atoms with E-state index in [4.69, 9.17) is 9.16 Å². The van der Waals surface area contributed by atoms with Gasteiger partial charge in [-0.15, -0.1) is 0 Å². The van der Waals surface area contributed by atoms with Gasteiger partial charge in [-0.05, 0) is 36.5 Å². The van der Waals surface area contributed by atoms with Crippen molar-refractivity contribution >= 4 is 16.4 Å². The molecule has 2 aliphatic rings. The van der Waals surface area contributed by atoms with Gasteiger partial charge >= 0.3 is 0 Å². The minimum Gasteiger partial charge on any atom is -0.407 e. The first-order valence-electron chi connectivity index (χ1n) is 9.30. The van der Waals surface area contributed by atoms with Crippen LogP contribution in [-0.2, 0) is 9.16 Å². The van der Waals surface area contributed by atoms with Crippen LogP contribution in [0.2, 0.25) is 37.8 Å². The Balaban J connectivity index is 2.46. The van der Waals surface area contributed by atoms with E-state index in [0.29, 0.717) is 5.92 Å². The van der Waals surface area contributed by atoms with E-state index in [2.05, 4.69) is 53.5 Å². The number of hydrogen-bond donors (Lipinski definition) is 0. The number of fused-ring (bicyclic) bond motifs is 1. The van der Waals surface area contributed by atoms with E-state index < -0.39 is 16.4 Å². The van der Waals surface area contributed by atoms with Crippen LogP contribution in [0.4, 0.5) is 0 Å². The van der Waals surface area contributed by atoms with Crippen molar-refractivity contribution in [3.63, 3.8) is 0 Å². The summed E-state index contributed by atoms with van der Waals surface area (Å²) in [6.45, 7) is 20.1. The Morgan fingerprint density at radius 2 is 1.70 bits per heavy atom. The van der Waals surface area contributed by atoms with Crippen molar-refractivity contribution in [2.24, 2.45) is 5.92 Å². The molecule has 0 radical (unpaired) electrons. The fourth-order valence-corrected chi connectivity index (χ4v) is 8.55. The van der Waals surface area contributed by atoms with Crippen molar-refractivity contribution in [2.75, 3.05) is 13.7 Å². The average molecular weight is 355 g/mol. The monoisotopic (exact) mass is 354 g/mol. The fourth-order valence-electron chi connectivity index (χ4n) is 4.35. The van der Waals surface area contributed by atoms with Gasteiger partial charge < -0.3 is 9.16 Å². The van der Waals surface area contributed by atoms with E-state index in [1.807, 2.05) is 7.11 Å². The molecule has 0 aromatic rings. The van der Waals surface area contributed by atoms with Crippen molar-refractivity contribution in [3.05, 3.63) is 10.8 Å². The summed E-state index contributed by atoms with van der Waals surface area (Å²) >= 11 is 0. The zero-order valence-electron chi connectivity index (χ0n) is 16.9. The molecule has 0 aliphatic heterocycles. The molecule has 0 spiro atoms. The second kappa shape index (κ2) is 6.12. The third-order valence-corrected chi connectivity index (χ3v) is 13.1. The summed E-state index contributed by atoms with van der Waals surface area (Å²) in [6, 6.07) is 0. The molecule has 134 valence electrons. The summed E-state index contributed by atoms with van der Waals surface area (Å²) in [5.41, 5.74) is 1.54. The molecule has 0 aromatic carbocycles. The Bertz CT molecular complexity index is 483. The van der Waals surface area contributed by atoms with E-state index in [0.717, 1.165) is 6.61 Å². The highest BCUT2D eigenvalue weighted by Crippen LogP contribution is 2.59. The third-order valence-electron chi connectivity index (χ3n) is 6.38. The van der Waals surface area contributed by atoms with E-state index in [9.17, 15) is 0 Å². The molecule has 2 unspecified atom stereocenters. The molecular weight excluding hydrogens is 316 g/mol. The molecule has 0 saturated heterocycles. The third kappa shape index (κ3) is 3.29. The minimum atomic E-state index is -1.79. The predicted molar refractivity (Wildman–Crippen MR) is 105 cm³/mol. The first-order valence-corrected chi connectivity index (χ1v) is 15.7. The summed E-state index contributed by atoms with van der Waals surface area (Å²) < 4.78 is 12.8. The van der Waals surface area contributed by atoms with Crippen molar-refractivity contribution in [1.29, 1.82) is 0 Å². The van der Waals surface area contributed by atoms with Gasteiger partial charge in [-0.2, -0.15) is 0 Å². The molecule has 2 atom stereocenters. The Morgan fingerprint density at radius 1 is 1.09 bits per heavy atom. The molecule has 0 N–H and O–H groups in total. The topological polar surface area (TPSA) is 18.5 Å². The maximum Gasteiger partial charge on any atom is 0.193 e. The highest BCUT2D eigenvalue weighted by atomic mass is 28.4. The normalized spacial score (nSPS) is 29.3. The maximum absolute atomic E-state index is 7.14. The van der Waals surface area contributed by atoms with Crippen LogP contribution in [-0.4, -0.2) is 35.7 Å². The zero-order chi connectivity index (χ0) is 17.7. The molecule has 0 heterocycles. The Hall–Kier alpha value is 0.0938. The highest BCUT2D eigenvalue weighted by molar-refractivity contribution is 6.83. The standard InChI is InChI=1S/C19H38O2Si2/c1-18(2,3)23(8,9)21-19-13-11-10-12-15(19)17(22(5,6)7)16(19)14-20-4/h15H,10-14H2,1-9H3. The lowest BCUT2D eigenvalue weighted by molar-refractivity contribution is -0.0241. The molecule has 2 nitrogen and oxygen atoms in total. The minimum absolute atomic E-state index is 0.00682. The second-order valence-electron chi connectivity index (χ2n) is 10.1. The number of methoxy groups -OCH3 is 1. The Labute approximate surface area is 146 Å². The van der Waals surface area contributed by atoms with Crippen LogP contribution in [0.3, 0.4) is 0 Å². The van der Waals surface area contributed by atoms with Crippen LogP contribution in [0.5, 0.6) is 0 Å². The molecule has 0 amide bonds. The lowest BCUT2D eigenvalue weighted by atomic mass is 9.62. The first-order chi connectivity index (χ1) is 10.4. The van der Waals surface area contributed by atoms with E-state index in [1.54, 1.807) is 5.20 Å². The van der Waals surface area contributed by atoms with Crippen LogP contribution in [0.25, 0.3) is 0 Å². The van der Waals surface area contributed by atoms with Crippen LogP contribution in [0, 0.1) is 5.92 Å². The van der Waals surface area contributed by atoms with Crippen LogP contribution < -0.4 is 0 Å². The van der Waals surface area contributed by atoms with E-state index in [1.165, 1.54) is 31.3 Å². The fraction of sp³-hybridized carbons (Fsp3) is 0.895. The number of ether oxygens (including phenoxy) is 1. The van der Waals surface area contributed by atoms with Gasteiger partial charge in [-0.3, -0.25) is 0 Å². The van der Waals surface area contributed by atoms with Crippen LogP contribution >= 0.6 is 0 Å². The van der Waals surface area contributed by atoms with Gasteiger partial charge in [0.05, 0.1) is 20.3 Å². The molecule has 0 aromatic heterocycles. The molecule has 23 heavy (non-hydrogen) atoms. The van der Waals surface area contributed by atoms with Gasteiger partial charge in [0.1, 0.15) is 0 Å². The number of rotatable bonds is 5. The second-order valence-corrected chi connectivity index (χ2v) is 19.9. The zero-order valence-corrected chi connectivity index (χ0v) is 18.9. The molecule has 2 aliphatic carbocycles. The molecule has 4 heteroatoms. The molecular formula is C19H38O2Si2.